The average Bonchev–Trinajstić information content (AvgIpc) is 2.71. The van der Waals surface area contributed by atoms with E-state index in [4.69, 9.17) is 4.74 Å². The largest absolute Gasteiger partial charge is 0.495 e. The smallest absolute Gasteiger partial charge is 0.251 e. The summed E-state index contributed by atoms with van der Waals surface area (Å²) in [5, 5.41) is 3.26. The third kappa shape index (κ3) is 6.40. The van der Waals surface area contributed by atoms with Crippen LogP contribution in [0.4, 0.5) is 5.69 Å². The fourth-order valence-electron chi connectivity index (χ4n) is 2.54. The number of nitrogens with one attached hydrogen (secondary N) is 2. The number of H-pyrrole nitrogens is 1. The molecule has 0 spiro atoms. The van der Waals surface area contributed by atoms with Crippen LogP contribution < -0.4 is 15.6 Å². The highest BCUT2D eigenvalue weighted by molar-refractivity contribution is 7.99. The van der Waals surface area contributed by atoms with Gasteiger partial charge in [0.05, 0.1) is 24.2 Å². The number of rotatable bonds is 8. The van der Waals surface area contributed by atoms with Gasteiger partial charge in [-0.2, -0.15) is 0 Å². The van der Waals surface area contributed by atoms with Crippen molar-refractivity contribution in [3.05, 3.63) is 76.2 Å². The number of benzene rings is 2. The molecule has 2 N–H and O–H groups in total. The Balaban J connectivity index is 1.60. The topological polar surface area (TPSA) is 84.1 Å². The number of ether oxygens (including phenoxy) is 1. The zero-order chi connectivity index (χ0) is 20.6. The number of aromatic amines is 1. The Morgan fingerprint density at radius 1 is 1.14 bits per heavy atom. The van der Waals surface area contributed by atoms with Crippen molar-refractivity contribution in [2.45, 2.75) is 22.7 Å². The van der Waals surface area contributed by atoms with Crippen LogP contribution in [0.15, 0.2) is 69.4 Å². The van der Waals surface area contributed by atoms with E-state index in [0.29, 0.717) is 28.0 Å². The Morgan fingerprint density at radius 2 is 1.93 bits per heavy atom. The molecular formula is C21H21N3O3S2. The zero-order valence-corrected chi connectivity index (χ0v) is 17.7. The number of methoxy groups -OCH3 is 1. The van der Waals surface area contributed by atoms with Crippen LogP contribution >= 0.6 is 23.5 Å². The number of aromatic nitrogens is 2. The third-order valence-electron chi connectivity index (χ3n) is 3.87. The van der Waals surface area contributed by atoms with Crippen molar-refractivity contribution < 1.29 is 9.53 Å². The van der Waals surface area contributed by atoms with Crippen LogP contribution in [0.2, 0.25) is 0 Å². The Hall–Kier alpha value is -2.71. The SMILES string of the molecule is COc1ccc(C)cc1NC(=O)CSc1nc(CSc2ccccc2)cc(=O)[nH]1. The van der Waals surface area contributed by atoms with Gasteiger partial charge in [0.25, 0.3) is 5.56 Å². The summed E-state index contributed by atoms with van der Waals surface area (Å²) in [7, 11) is 1.56. The third-order valence-corrected chi connectivity index (χ3v) is 5.79. The molecule has 0 saturated carbocycles. The molecule has 0 atom stereocenters. The van der Waals surface area contributed by atoms with Crippen LogP contribution in [0.5, 0.6) is 5.75 Å². The summed E-state index contributed by atoms with van der Waals surface area (Å²) in [6.45, 7) is 1.94. The van der Waals surface area contributed by atoms with Crippen molar-refractivity contribution in [3.63, 3.8) is 0 Å². The lowest BCUT2D eigenvalue weighted by Gasteiger charge is -2.11. The van der Waals surface area contributed by atoms with Gasteiger partial charge in [-0.3, -0.25) is 9.59 Å². The van der Waals surface area contributed by atoms with E-state index >= 15 is 0 Å². The van der Waals surface area contributed by atoms with Crippen LogP contribution in [0.25, 0.3) is 0 Å². The lowest BCUT2D eigenvalue weighted by atomic mass is 10.2. The Kier molecular flexibility index (Phi) is 7.37. The molecule has 0 bridgehead atoms. The molecule has 3 aromatic rings. The summed E-state index contributed by atoms with van der Waals surface area (Å²) in [4.78, 5) is 32.5. The minimum atomic E-state index is -0.230. The molecule has 0 saturated heterocycles. The standard InChI is InChI=1S/C21H21N3O3S2/c1-14-8-9-18(27-2)17(10-14)23-20(26)13-29-21-22-15(11-19(25)24-21)12-28-16-6-4-3-5-7-16/h3-11H,12-13H2,1-2H3,(H,23,26)(H,22,24,25). The maximum Gasteiger partial charge on any atom is 0.251 e. The molecule has 0 aliphatic carbocycles. The highest BCUT2D eigenvalue weighted by Gasteiger charge is 2.10. The number of carbonyl (C=O) groups is 1. The molecule has 2 aromatic carbocycles. The van der Waals surface area contributed by atoms with E-state index in [1.807, 2.05) is 55.5 Å². The van der Waals surface area contributed by atoms with Gasteiger partial charge in [0, 0.05) is 16.7 Å². The second kappa shape index (κ2) is 10.2. The van der Waals surface area contributed by atoms with Crippen LogP contribution in [0.3, 0.4) is 0 Å². The number of aryl methyl sites for hydroxylation is 1. The first-order valence-electron chi connectivity index (χ1n) is 8.89. The van der Waals surface area contributed by atoms with Crippen molar-refractivity contribution in [1.29, 1.82) is 0 Å². The number of hydrogen-bond donors (Lipinski definition) is 2. The van der Waals surface area contributed by atoms with E-state index in [1.54, 1.807) is 18.9 Å². The first-order valence-corrected chi connectivity index (χ1v) is 10.9. The summed E-state index contributed by atoms with van der Waals surface area (Å²) in [5.41, 5.74) is 2.08. The molecule has 0 aliphatic rings. The molecule has 0 unspecified atom stereocenters. The molecule has 6 nitrogen and oxygen atoms in total. The average molecular weight is 428 g/mol. The van der Waals surface area contributed by atoms with E-state index < -0.39 is 0 Å². The number of amides is 1. The van der Waals surface area contributed by atoms with Crippen LogP contribution in [0, 0.1) is 6.92 Å². The Bertz CT molecular complexity index is 1040. The van der Waals surface area contributed by atoms with Gasteiger partial charge < -0.3 is 15.0 Å². The molecule has 3 rings (SSSR count). The van der Waals surface area contributed by atoms with Gasteiger partial charge in [-0.25, -0.2) is 4.98 Å². The maximum absolute atomic E-state index is 12.3. The number of hydrogen-bond acceptors (Lipinski definition) is 6. The second-order valence-electron chi connectivity index (χ2n) is 6.18. The van der Waals surface area contributed by atoms with Gasteiger partial charge in [-0.1, -0.05) is 36.0 Å². The van der Waals surface area contributed by atoms with Crippen molar-refractivity contribution in [3.8, 4) is 5.75 Å². The van der Waals surface area contributed by atoms with Gasteiger partial charge in [0.1, 0.15) is 5.75 Å². The number of nitrogens with zero attached hydrogens (tertiary/aromatic N) is 1. The van der Waals surface area contributed by atoms with Gasteiger partial charge in [0.2, 0.25) is 5.91 Å². The van der Waals surface area contributed by atoms with Crippen LogP contribution in [-0.4, -0.2) is 28.7 Å². The summed E-state index contributed by atoms with van der Waals surface area (Å²) < 4.78 is 5.28. The van der Waals surface area contributed by atoms with Gasteiger partial charge in [0.15, 0.2) is 5.16 Å². The number of anilines is 1. The predicted molar refractivity (Wildman–Crippen MR) is 118 cm³/mol. The minimum absolute atomic E-state index is 0.120. The summed E-state index contributed by atoms with van der Waals surface area (Å²) in [6, 6.07) is 17.0. The minimum Gasteiger partial charge on any atom is -0.495 e. The lowest BCUT2D eigenvalue weighted by molar-refractivity contribution is -0.113. The van der Waals surface area contributed by atoms with Crippen LogP contribution in [-0.2, 0) is 10.5 Å². The quantitative estimate of drug-likeness (QED) is 0.416. The van der Waals surface area contributed by atoms with Gasteiger partial charge in [-0.15, -0.1) is 11.8 Å². The second-order valence-corrected chi connectivity index (χ2v) is 8.20. The highest BCUT2D eigenvalue weighted by atomic mass is 32.2. The lowest BCUT2D eigenvalue weighted by Crippen LogP contribution is -2.16. The molecule has 0 fully saturated rings. The van der Waals surface area contributed by atoms with Crippen molar-refractivity contribution >= 4 is 35.1 Å². The van der Waals surface area contributed by atoms with E-state index in [1.165, 1.54) is 17.8 Å². The summed E-state index contributed by atoms with van der Waals surface area (Å²) in [6.07, 6.45) is 0. The van der Waals surface area contributed by atoms with Crippen LogP contribution in [0.1, 0.15) is 11.3 Å². The molecule has 150 valence electrons. The summed E-state index contributed by atoms with van der Waals surface area (Å²) >= 11 is 2.79. The highest BCUT2D eigenvalue weighted by Crippen LogP contribution is 2.26. The molecule has 0 aliphatic heterocycles. The molecule has 8 heteroatoms. The van der Waals surface area contributed by atoms with Crippen molar-refractivity contribution in [2.75, 3.05) is 18.2 Å². The molecular weight excluding hydrogens is 406 g/mol. The monoisotopic (exact) mass is 427 g/mol. The Morgan fingerprint density at radius 3 is 2.69 bits per heavy atom. The number of thioether (sulfide) groups is 2. The summed E-state index contributed by atoms with van der Waals surface area (Å²) in [5.74, 6) is 1.09. The first kappa shape index (κ1) is 21.0. The van der Waals surface area contributed by atoms with E-state index in [2.05, 4.69) is 15.3 Å². The maximum atomic E-state index is 12.3. The van der Waals surface area contributed by atoms with Gasteiger partial charge in [-0.05, 0) is 36.8 Å². The normalized spacial score (nSPS) is 10.6. The van der Waals surface area contributed by atoms with Crippen molar-refractivity contribution in [1.82, 2.24) is 9.97 Å². The van der Waals surface area contributed by atoms with Gasteiger partial charge >= 0.3 is 0 Å². The predicted octanol–water partition coefficient (Wildman–Crippen LogP) is 4.11. The fraction of sp³-hybridized carbons (Fsp3) is 0.190. The molecule has 1 aromatic heterocycles. The first-order chi connectivity index (χ1) is 14.0. The number of carbonyl (C=O) groups excluding carboxylic acids is 1. The van der Waals surface area contributed by atoms with E-state index in [9.17, 15) is 9.59 Å². The Labute approximate surface area is 177 Å². The molecule has 29 heavy (non-hydrogen) atoms. The molecule has 0 radical (unpaired) electrons. The van der Waals surface area contributed by atoms with E-state index in [-0.39, 0.29) is 17.2 Å². The molecule has 1 amide bonds. The zero-order valence-electron chi connectivity index (χ0n) is 16.1. The van der Waals surface area contributed by atoms with E-state index in [0.717, 1.165) is 10.5 Å². The molecule has 1 heterocycles. The fourth-order valence-corrected chi connectivity index (χ4v) is 4.05. The van der Waals surface area contributed by atoms with Crippen molar-refractivity contribution in [2.24, 2.45) is 0 Å².